The highest BCUT2D eigenvalue weighted by Gasteiger charge is 2.23. The Balaban J connectivity index is 1.13. The van der Waals surface area contributed by atoms with Crippen molar-refractivity contribution in [2.24, 2.45) is 0 Å². The molecular weight excluding hydrogens is 700 g/mol. The largest absolute Gasteiger partial charge is 0.477 e. The number of carboxylic acids is 1. The number of nitrogens with one attached hydrogen (secondary N) is 1. The number of carbonyl (C=O) groups excluding carboxylic acids is 1. The van der Waals surface area contributed by atoms with Gasteiger partial charge in [0.1, 0.15) is 10.8 Å². The molecule has 0 aliphatic heterocycles. The Hall–Kier alpha value is -4.03. The molecule has 0 saturated carbocycles. The second-order valence-electron chi connectivity index (χ2n) is 9.95. The minimum absolute atomic E-state index is 0.0290. The van der Waals surface area contributed by atoms with Crippen LogP contribution in [0.2, 0.25) is 5.02 Å². The molecule has 1 aromatic heterocycles. The number of aryl methyl sites for hydroxylation is 1. The van der Waals surface area contributed by atoms with Crippen molar-refractivity contribution in [1.29, 1.82) is 0 Å². The van der Waals surface area contributed by atoms with Crippen LogP contribution in [0.4, 0.5) is 0 Å². The summed E-state index contributed by atoms with van der Waals surface area (Å²) in [6.07, 6.45) is 3.06. The number of carboxylic acid groups (broad SMARTS) is 1. The van der Waals surface area contributed by atoms with Gasteiger partial charge in [-0.25, -0.2) is 18.2 Å². The molecule has 0 radical (unpaired) electrons. The first-order valence-corrected chi connectivity index (χ1v) is 17.3. The summed E-state index contributed by atoms with van der Waals surface area (Å²) in [4.78, 5) is 29.5. The molecule has 1 atom stereocenters. The lowest BCUT2D eigenvalue weighted by Crippen LogP contribution is -2.44. The SMILES string of the molecule is O=C(NC(Oc1ccc(CCCS(=O)(=O)c2ccc(Cl)cc2)cc1)C(=O)O)c1ccc(C=Cc2nc3cc(Br)ccc3s2)cc1. The van der Waals surface area contributed by atoms with E-state index in [1.807, 2.05) is 30.4 Å². The van der Waals surface area contributed by atoms with Gasteiger partial charge in [0.25, 0.3) is 12.1 Å². The number of thiazole rings is 1. The van der Waals surface area contributed by atoms with Crippen molar-refractivity contribution in [3.63, 3.8) is 0 Å². The van der Waals surface area contributed by atoms with Gasteiger partial charge in [-0.1, -0.05) is 57.9 Å². The highest BCUT2D eigenvalue weighted by molar-refractivity contribution is 9.10. The summed E-state index contributed by atoms with van der Waals surface area (Å²) in [5.74, 6) is -1.75. The summed E-state index contributed by atoms with van der Waals surface area (Å²) in [6, 6.07) is 25.3. The van der Waals surface area contributed by atoms with Gasteiger partial charge in [-0.15, -0.1) is 11.3 Å². The summed E-state index contributed by atoms with van der Waals surface area (Å²) in [5.41, 5.74) is 2.89. The average molecular weight is 726 g/mol. The lowest BCUT2D eigenvalue weighted by atomic mass is 10.1. The Kier molecular flexibility index (Phi) is 10.3. The van der Waals surface area contributed by atoms with Crippen molar-refractivity contribution in [3.8, 4) is 5.75 Å². The van der Waals surface area contributed by atoms with Gasteiger partial charge in [0, 0.05) is 15.1 Å². The van der Waals surface area contributed by atoms with Gasteiger partial charge in [0.05, 0.1) is 20.9 Å². The van der Waals surface area contributed by atoms with Crippen LogP contribution in [0.15, 0.2) is 100 Å². The Morgan fingerprint density at radius 1 is 0.978 bits per heavy atom. The van der Waals surface area contributed by atoms with Gasteiger partial charge < -0.3 is 15.2 Å². The molecule has 45 heavy (non-hydrogen) atoms. The number of amides is 1. The number of aliphatic carboxylic acids is 1. The van der Waals surface area contributed by atoms with E-state index >= 15 is 0 Å². The lowest BCUT2D eigenvalue weighted by molar-refractivity contribution is -0.146. The van der Waals surface area contributed by atoms with Gasteiger partial charge >= 0.3 is 5.97 Å². The molecule has 4 aromatic carbocycles. The first-order chi connectivity index (χ1) is 21.6. The van der Waals surface area contributed by atoms with Crippen molar-refractivity contribution in [2.75, 3.05) is 5.75 Å². The second-order valence-corrected chi connectivity index (χ2v) is 14.5. The first kappa shape index (κ1) is 32.4. The standard InChI is InChI=1S/C33H26BrClN2O6S2/c34-24-10-17-29-28(20-24)36-30(44-29)18-7-22-3-8-23(9-4-22)31(38)37-32(33(39)40)43-26-13-5-21(6-14-26)2-1-19-45(41,42)27-15-11-25(35)12-16-27/h3-18,20,32H,1-2,19H2,(H,37,38)(H,39,40). The molecule has 0 bridgehead atoms. The predicted octanol–water partition coefficient (Wildman–Crippen LogP) is 7.51. The van der Waals surface area contributed by atoms with E-state index in [1.54, 1.807) is 72.0 Å². The number of hydrogen-bond donors (Lipinski definition) is 2. The van der Waals surface area contributed by atoms with Crippen LogP contribution in [0.3, 0.4) is 0 Å². The van der Waals surface area contributed by atoms with Crippen LogP contribution < -0.4 is 10.1 Å². The predicted molar refractivity (Wildman–Crippen MR) is 180 cm³/mol. The smallest absolute Gasteiger partial charge is 0.366 e. The number of nitrogens with zero attached hydrogens (tertiary/aromatic N) is 1. The van der Waals surface area contributed by atoms with Crippen LogP contribution in [-0.2, 0) is 21.1 Å². The fourth-order valence-corrected chi connectivity index (χ4v) is 6.98. The molecule has 0 saturated heterocycles. The maximum absolute atomic E-state index is 12.8. The normalized spacial score (nSPS) is 12.3. The van der Waals surface area contributed by atoms with E-state index in [0.717, 1.165) is 30.8 Å². The molecule has 12 heteroatoms. The van der Waals surface area contributed by atoms with Crippen LogP contribution in [0.25, 0.3) is 22.4 Å². The number of aromatic nitrogens is 1. The van der Waals surface area contributed by atoms with Crippen LogP contribution in [0, 0.1) is 0 Å². The van der Waals surface area contributed by atoms with Crippen LogP contribution in [0.5, 0.6) is 5.75 Å². The van der Waals surface area contributed by atoms with Gasteiger partial charge in [-0.2, -0.15) is 0 Å². The number of carbonyl (C=O) groups is 2. The molecule has 0 fully saturated rings. The first-order valence-electron chi connectivity index (χ1n) is 13.7. The number of fused-ring (bicyclic) bond motifs is 1. The summed E-state index contributed by atoms with van der Waals surface area (Å²) in [5, 5.41) is 13.4. The zero-order chi connectivity index (χ0) is 32.0. The Labute approximate surface area is 277 Å². The maximum Gasteiger partial charge on any atom is 0.366 e. The molecule has 0 aliphatic rings. The summed E-state index contributed by atoms with van der Waals surface area (Å²) >= 11 is 10.9. The molecule has 2 N–H and O–H groups in total. The van der Waals surface area contributed by atoms with Crippen LogP contribution >= 0.6 is 38.9 Å². The molecule has 8 nitrogen and oxygen atoms in total. The Morgan fingerprint density at radius 3 is 2.38 bits per heavy atom. The van der Waals surface area contributed by atoms with E-state index in [0.29, 0.717) is 17.9 Å². The fraction of sp³-hybridized carbons (Fsp3) is 0.121. The van der Waals surface area contributed by atoms with Crippen molar-refractivity contribution in [2.45, 2.75) is 24.0 Å². The van der Waals surface area contributed by atoms with E-state index in [9.17, 15) is 23.1 Å². The number of halogens is 2. The molecular formula is C33H26BrClN2O6S2. The minimum Gasteiger partial charge on any atom is -0.477 e. The number of benzene rings is 4. The molecule has 1 amide bonds. The highest BCUT2D eigenvalue weighted by atomic mass is 79.9. The lowest BCUT2D eigenvalue weighted by Gasteiger charge is -2.17. The quantitative estimate of drug-likeness (QED) is 0.128. The number of ether oxygens (including phenoxy) is 1. The topological polar surface area (TPSA) is 123 Å². The van der Waals surface area contributed by atoms with Gasteiger partial charge in [-0.3, -0.25) is 4.79 Å². The van der Waals surface area contributed by atoms with Crippen molar-refractivity contribution < 1.29 is 27.9 Å². The van der Waals surface area contributed by atoms with Crippen molar-refractivity contribution >= 4 is 83.0 Å². The summed E-state index contributed by atoms with van der Waals surface area (Å²) in [7, 11) is -3.43. The molecule has 0 spiro atoms. The van der Waals surface area contributed by atoms with Gasteiger partial charge in [0.15, 0.2) is 9.84 Å². The van der Waals surface area contributed by atoms with Crippen LogP contribution in [0.1, 0.15) is 32.9 Å². The molecule has 1 heterocycles. The number of hydrogen-bond acceptors (Lipinski definition) is 7. The molecule has 230 valence electrons. The van der Waals surface area contributed by atoms with Gasteiger partial charge in [0.2, 0.25) is 0 Å². The number of rotatable bonds is 12. The third-order valence-electron chi connectivity index (χ3n) is 6.67. The Morgan fingerprint density at radius 2 is 1.69 bits per heavy atom. The third-order valence-corrected chi connectivity index (χ3v) is 10.2. The zero-order valence-electron chi connectivity index (χ0n) is 23.5. The van der Waals surface area contributed by atoms with Gasteiger partial charge in [-0.05, 0) is 96.8 Å². The number of sulfone groups is 1. The van der Waals surface area contributed by atoms with Crippen LogP contribution in [-0.4, -0.2) is 42.4 Å². The summed E-state index contributed by atoms with van der Waals surface area (Å²) in [6.45, 7) is 0. The van der Waals surface area contributed by atoms with Crippen molar-refractivity contribution in [3.05, 3.63) is 122 Å². The van der Waals surface area contributed by atoms with Crippen molar-refractivity contribution in [1.82, 2.24) is 10.3 Å². The minimum atomic E-state index is -3.43. The van der Waals surface area contributed by atoms with E-state index in [4.69, 9.17) is 16.3 Å². The van der Waals surface area contributed by atoms with E-state index in [1.165, 1.54) is 12.1 Å². The maximum atomic E-state index is 12.8. The third kappa shape index (κ3) is 8.79. The second kappa shape index (κ2) is 14.4. The zero-order valence-corrected chi connectivity index (χ0v) is 27.5. The summed E-state index contributed by atoms with van der Waals surface area (Å²) < 4.78 is 32.7. The molecule has 0 aliphatic carbocycles. The van der Waals surface area contributed by atoms with E-state index in [-0.39, 0.29) is 22.0 Å². The molecule has 1 unspecified atom stereocenters. The molecule has 5 aromatic rings. The monoisotopic (exact) mass is 724 g/mol. The fourth-order valence-electron chi connectivity index (χ4n) is 4.34. The molecule has 5 rings (SSSR count). The van der Waals surface area contributed by atoms with E-state index in [2.05, 4.69) is 26.2 Å². The average Bonchev–Trinajstić information content (AvgIpc) is 3.43. The highest BCUT2D eigenvalue weighted by Crippen LogP contribution is 2.26. The Bertz CT molecular complexity index is 1960. The van der Waals surface area contributed by atoms with E-state index < -0.39 is 27.9 Å².